The minimum absolute atomic E-state index is 0.0990. The predicted molar refractivity (Wildman–Crippen MR) is 172 cm³/mol. The number of carboxylic acid groups (broad SMARTS) is 1. The summed E-state index contributed by atoms with van der Waals surface area (Å²) in [6.07, 6.45) is 13.9. The summed E-state index contributed by atoms with van der Waals surface area (Å²) in [5.74, 6) is 0.996. The van der Waals surface area contributed by atoms with Crippen LogP contribution in [0.3, 0.4) is 0 Å². The highest BCUT2D eigenvalue weighted by Gasteiger charge is 2.86. The van der Waals surface area contributed by atoms with Crippen LogP contribution >= 0.6 is 0 Å². The number of fused-ring (bicyclic) bond motifs is 2. The third-order valence-corrected chi connectivity index (χ3v) is 14.1. The topological polar surface area (TPSA) is 79.3 Å². The Hall–Kier alpha value is -1.28. The van der Waals surface area contributed by atoms with Gasteiger partial charge in [0.1, 0.15) is 11.7 Å². The zero-order valence-corrected chi connectivity index (χ0v) is 28.4. The van der Waals surface area contributed by atoms with Crippen LogP contribution in [0.25, 0.3) is 0 Å². The SMILES string of the molecule is CCCCC1CC(C23C[C@@H]4[C@H](C)CC[C@H]4C4(C=O)CC2C=C(C(C)C)C34C(=O)O)OC1CN1CCC(N(C)CCOC)CC1. The van der Waals surface area contributed by atoms with E-state index >= 15 is 0 Å². The molecule has 44 heavy (non-hydrogen) atoms. The lowest BCUT2D eigenvalue weighted by atomic mass is 9.41. The molecule has 6 aliphatic rings. The van der Waals surface area contributed by atoms with Crippen LogP contribution < -0.4 is 0 Å². The van der Waals surface area contributed by atoms with Crippen LogP contribution in [0.4, 0.5) is 0 Å². The number of carbonyl (C=O) groups excluding carboxylic acids is 1. The molecular formula is C37H60N2O5. The zero-order valence-electron chi connectivity index (χ0n) is 28.4. The van der Waals surface area contributed by atoms with Gasteiger partial charge in [0.05, 0.1) is 24.2 Å². The Labute approximate surface area is 266 Å². The number of carboxylic acids is 1. The largest absolute Gasteiger partial charge is 0.481 e. The van der Waals surface area contributed by atoms with Crippen LogP contribution in [0.5, 0.6) is 0 Å². The lowest BCUT2D eigenvalue weighted by molar-refractivity contribution is -0.197. The minimum atomic E-state index is -1.15. The summed E-state index contributed by atoms with van der Waals surface area (Å²) in [6, 6.07) is 0.596. The molecule has 2 aliphatic heterocycles. The van der Waals surface area contributed by atoms with Gasteiger partial charge < -0.3 is 29.2 Å². The Kier molecular flexibility index (Phi) is 9.20. The molecule has 0 aromatic rings. The highest BCUT2D eigenvalue weighted by atomic mass is 16.5. The van der Waals surface area contributed by atoms with Crippen molar-refractivity contribution in [2.24, 2.45) is 51.8 Å². The second-order valence-corrected chi connectivity index (χ2v) is 16.2. The quantitative estimate of drug-likeness (QED) is 0.204. The fraction of sp³-hybridized carbons (Fsp3) is 0.892. The molecule has 1 N–H and O–H groups in total. The molecule has 0 aromatic heterocycles. The van der Waals surface area contributed by atoms with E-state index in [1.807, 2.05) is 0 Å². The highest BCUT2D eigenvalue weighted by molar-refractivity contribution is 5.90. The van der Waals surface area contributed by atoms with Gasteiger partial charge in [-0.2, -0.15) is 0 Å². The average molecular weight is 613 g/mol. The molecule has 6 rings (SSSR count). The van der Waals surface area contributed by atoms with Crippen molar-refractivity contribution < 1.29 is 24.2 Å². The van der Waals surface area contributed by atoms with Gasteiger partial charge in [0.25, 0.3) is 0 Å². The molecule has 5 fully saturated rings. The molecule has 10 atom stereocenters. The number of rotatable bonds is 13. The number of likely N-dealkylation sites (tertiary alicyclic amines) is 1. The second kappa shape index (κ2) is 12.4. The number of aldehydes is 1. The number of carbonyl (C=O) groups is 2. The van der Waals surface area contributed by atoms with Crippen LogP contribution in [0.2, 0.25) is 0 Å². The summed E-state index contributed by atoms with van der Waals surface area (Å²) in [5, 5.41) is 11.5. The molecule has 2 heterocycles. The predicted octanol–water partition coefficient (Wildman–Crippen LogP) is 5.92. The molecule has 7 nitrogen and oxygen atoms in total. The van der Waals surface area contributed by atoms with Crippen molar-refractivity contribution in [3.8, 4) is 0 Å². The summed E-state index contributed by atoms with van der Waals surface area (Å²) < 4.78 is 12.7. The van der Waals surface area contributed by atoms with Crippen LogP contribution in [0.1, 0.15) is 91.9 Å². The summed E-state index contributed by atoms with van der Waals surface area (Å²) in [4.78, 5) is 32.6. The van der Waals surface area contributed by atoms with Crippen molar-refractivity contribution in [2.75, 3.05) is 46.9 Å². The van der Waals surface area contributed by atoms with E-state index in [0.29, 0.717) is 30.2 Å². The normalized spacial score (nSPS) is 43.6. The molecule has 248 valence electrons. The van der Waals surface area contributed by atoms with Crippen LogP contribution in [0, 0.1) is 51.8 Å². The third kappa shape index (κ3) is 4.56. The number of likely N-dealkylation sites (N-methyl/N-ethyl adjacent to an activating group) is 1. The average Bonchev–Trinajstić information content (AvgIpc) is 3.72. The zero-order chi connectivity index (χ0) is 31.4. The number of allylic oxidation sites excluding steroid dienone is 1. The van der Waals surface area contributed by atoms with Gasteiger partial charge in [-0.15, -0.1) is 0 Å². The molecule has 0 amide bonds. The maximum Gasteiger partial charge on any atom is 0.315 e. The van der Waals surface area contributed by atoms with E-state index < -0.39 is 22.2 Å². The van der Waals surface area contributed by atoms with Crippen molar-refractivity contribution in [3.05, 3.63) is 11.6 Å². The molecule has 3 saturated carbocycles. The molecular weight excluding hydrogens is 552 g/mol. The number of hydrogen-bond donors (Lipinski definition) is 1. The maximum atomic E-state index is 14.0. The molecule has 7 unspecified atom stereocenters. The van der Waals surface area contributed by atoms with E-state index in [9.17, 15) is 14.7 Å². The molecule has 2 saturated heterocycles. The third-order valence-electron chi connectivity index (χ3n) is 14.1. The summed E-state index contributed by atoms with van der Waals surface area (Å²) >= 11 is 0. The number of nitrogens with zero attached hydrogens (tertiary/aromatic N) is 2. The van der Waals surface area contributed by atoms with Crippen molar-refractivity contribution in [1.29, 1.82) is 0 Å². The maximum absolute atomic E-state index is 14.0. The fourth-order valence-electron chi connectivity index (χ4n) is 12.2. The van der Waals surface area contributed by atoms with E-state index in [0.717, 1.165) is 96.0 Å². The summed E-state index contributed by atoms with van der Waals surface area (Å²) in [5.41, 5.74) is -1.47. The van der Waals surface area contributed by atoms with E-state index in [2.05, 4.69) is 50.6 Å². The lowest BCUT2D eigenvalue weighted by Crippen LogP contribution is -2.65. The van der Waals surface area contributed by atoms with E-state index in [1.54, 1.807) is 7.11 Å². The summed E-state index contributed by atoms with van der Waals surface area (Å²) in [7, 11) is 3.99. The Morgan fingerprint density at radius 1 is 1.23 bits per heavy atom. The highest BCUT2D eigenvalue weighted by Crippen LogP contribution is 2.84. The van der Waals surface area contributed by atoms with Gasteiger partial charge >= 0.3 is 5.97 Å². The molecule has 0 aromatic carbocycles. The first-order valence-corrected chi connectivity index (χ1v) is 18.1. The van der Waals surface area contributed by atoms with E-state index in [-0.39, 0.29) is 30.0 Å². The monoisotopic (exact) mass is 612 g/mol. The number of piperidine rings is 1. The van der Waals surface area contributed by atoms with Crippen molar-refractivity contribution >= 4 is 12.3 Å². The van der Waals surface area contributed by atoms with Crippen LogP contribution in [-0.2, 0) is 19.1 Å². The molecule has 0 radical (unpaired) electrons. The smallest absolute Gasteiger partial charge is 0.315 e. The van der Waals surface area contributed by atoms with Gasteiger partial charge in [0.2, 0.25) is 0 Å². The first kappa shape index (κ1) is 32.7. The second-order valence-electron chi connectivity index (χ2n) is 16.2. The standard InChI is InChI=1S/C37H60N2O5/c1-7-8-9-26-18-33(44-32(26)22-39-14-12-28(13-15-39)38(5)16-17-43-6)36-21-29-25(4)10-11-30(29)35(23-40)20-27(36)19-31(24(2)3)37(35,36)34(41)42/h19,23-30,32-33H,7-18,20-22H2,1-6H3,(H,41,42)/t25-,26?,27?,29-,30-,32?,33?,35?,36?,37?/m1/s1. The van der Waals surface area contributed by atoms with Crippen LogP contribution in [0.15, 0.2) is 11.6 Å². The molecule has 4 aliphatic carbocycles. The van der Waals surface area contributed by atoms with E-state index in [4.69, 9.17) is 9.47 Å². The van der Waals surface area contributed by atoms with Gasteiger partial charge in [0, 0.05) is 31.7 Å². The fourth-order valence-corrected chi connectivity index (χ4v) is 12.2. The van der Waals surface area contributed by atoms with Crippen molar-refractivity contribution in [1.82, 2.24) is 9.80 Å². The van der Waals surface area contributed by atoms with Crippen molar-refractivity contribution in [2.45, 2.75) is 110 Å². The Balaban J connectivity index is 1.30. The molecule has 4 bridgehead atoms. The van der Waals surface area contributed by atoms with Gasteiger partial charge in [-0.25, -0.2) is 0 Å². The Bertz CT molecular complexity index is 1100. The Morgan fingerprint density at radius 3 is 2.61 bits per heavy atom. The first-order valence-electron chi connectivity index (χ1n) is 18.1. The molecule has 0 spiro atoms. The number of aliphatic carboxylic acids is 1. The van der Waals surface area contributed by atoms with Gasteiger partial charge in [-0.3, -0.25) is 4.79 Å². The van der Waals surface area contributed by atoms with Gasteiger partial charge in [0.15, 0.2) is 0 Å². The molecule has 7 heteroatoms. The lowest BCUT2D eigenvalue weighted by Gasteiger charge is -2.60. The minimum Gasteiger partial charge on any atom is -0.481 e. The van der Waals surface area contributed by atoms with E-state index in [1.165, 1.54) is 6.42 Å². The van der Waals surface area contributed by atoms with Crippen molar-refractivity contribution in [3.63, 3.8) is 0 Å². The van der Waals surface area contributed by atoms with Gasteiger partial charge in [-0.1, -0.05) is 58.6 Å². The number of unbranched alkanes of at least 4 members (excludes halogenated alkanes) is 1. The summed E-state index contributed by atoms with van der Waals surface area (Å²) in [6.45, 7) is 13.7. The number of hydrogen-bond acceptors (Lipinski definition) is 6. The van der Waals surface area contributed by atoms with Crippen LogP contribution in [-0.4, -0.2) is 92.4 Å². The Morgan fingerprint density at radius 2 is 1.98 bits per heavy atom. The van der Waals surface area contributed by atoms with Gasteiger partial charge in [-0.05, 0) is 101 Å². The first-order chi connectivity index (χ1) is 21.1. The number of ether oxygens (including phenoxy) is 2. The number of methoxy groups -OCH3 is 1.